The Kier molecular flexibility index (Phi) is 5.10. The molecular formula is C17H22N4O3. The van der Waals surface area contributed by atoms with E-state index in [-0.39, 0.29) is 18.1 Å². The molecule has 0 N–H and O–H groups in total. The van der Waals surface area contributed by atoms with Crippen LogP contribution in [-0.4, -0.2) is 58.0 Å². The van der Waals surface area contributed by atoms with Crippen LogP contribution in [0.25, 0.3) is 0 Å². The van der Waals surface area contributed by atoms with Crippen LogP contribution < -0.4 is 4.74 Å². The van der Waals surface area contributed by atoms with Crippen molar-refractivity contribution in [2.45, 2.75) is 25.0 Å². The molecule has 7 heteroatoms. The van der Waals surface area contributed by atoms with Gasteiger partial charge in [-0.1, -0.05) is 0 Å². The van der Waals surface area contributed by atoms with Gasteiger partial charge in [0.25, 0.3) is 0 Å². The molecule has 2 aromatic heterocycles. The minimum Gasteiger partial charge on any atom is -0.490 e. The zero-order valence-electron chi connectivity index (χ0n) is 14.0. The Balaban J connectivity index is 1.63. The van der Waals surface area contributed by atoms with E-state index in [9.17, 15) is 4.79 Å². The summed E-state index contributed by atoms with van der Waals surface area (Å²) in [5.41, 5.74) is 0.773. The first-order chi connectivity index (χ1) is 11.7. The lowest BCUT2D eigenvalue weighted by atomic mass is 10.2. The van der Waals surface area contributed by atoms with Crippen molar-refractivity contribution in [3.05, 3.63) is 42.5 Å². The molecule has 7 nitrogen and oxygen atoms in total. The second-order valence-electron chi connectivity index (χ2n) is 5.95. The van der Waals surface area contributed by atoms with Crippen molar-refractivity contribution < 1.29 is 14.3 Å². The van der Waals surface area contributed by atoms with Gasteiger partial charge in [0, 0.05) is 33.1 Å². The van der Waals surface area contributed by atoms with E-state index in [0.29, 0.717) is 25.3 Å². The zero-order valence-corrected chi connectivity index (χ0v) is 14.0. The van der Waals surface area contributed by atoms with Crippen molar-refractivity contribution in [1.29, 1.82) is 0 Å². The highest BCUT2D eigenvalue weighted by atomic mass is 16.5. The number of rotatable bonds is 6. The lowest BCUT2D eigenvalue weighted by Gasteiger charge is -2.24. The molecule has 1 amide bonds. The molecule has 1 fully saturated rings. The van der Waals surface area contributed by atoms with Crippen molar-refractivity contribution >= 4 is 5.91 Å². The molecule has 2 aromatic rings. The molecule has 1 aliphatic rings. The Morgan fingerprint density at radius 3 is 2.96 bits per heavy atom. The highest BCUT2D eigenvalue weighted by molar-refractivity contribution is 5.79. The van der Waals surface area contributed by atoms with Gasteiger partial charge in [0.05, 0.1) is 30.5 Å². The summed E-state index contributed by atoms with van der Waals surface area (Å²) in [6.45, 7) is 1.02. The summed E-state index contributed by atoms with van der Waals surface area (Å²) in [6, 6.07) is 5.54. The predicted molar refractivity (Wildman–Crippen MR) is 87.6 cm³/mol. The molecule has 0 aliphatic carbocycles. The Morgan fingerprint density at radius 1 is 1.42 bits per heavy atom. The number of carbonyl (C=O) groups excluding carboxylic acids is 1. The molecule has 0 saturated carbocycles. The number of pyridine rings is 1. The summed E-state index contributed by atoms with van der Waals surface area (Å²) in [5.74, 6) is 0.753. The van der Waals surface area contributed by atoms with E-state index in [1.165, 1.54) is 0 Å². The zero-order chi connectivity index (χ0) is 16.9. The summed E-state index contributed by atoms with van der Waals surface area (Å²) in [7, 11) is 3.52. The summed E-state index contributed by atoms with van der Waals surface area (Å²) in [6.07, 6.45) is 6.31. The summed E-state index contributed by atoms with van der Waals surface area (Å²) in [5, 5.41) is 4.28. The third kappa shape index (κ3) is 3.91. The average Bonchev–Trinajstić information content (AvgIpc) is 3.20. The number of aryl methyl sites for hydroxylation is 1. The predicted octanol–water partition coefficient (Wildman–Crippen LogP) is 1.05. The van der Waals surface area contributed by atoms with Crippen LogP contribution in [0.3, 0.4) is 0 Å². The fourth-order valence-corrected chi connectivity index (χ4v) is 2.95. The van der Waals surface area contributed by atoms with Gasteiger partial charge in [0.15, 0.2) is 0 Å². The molecule has 1 aliphatic heterocycles. The smallest absolute Gasteiger partial charge is 0.229 e. The number of amides is 1. The van der Waals surface area contributed by atoms with Gasteiger partial charge in [-0.2, -0.15) is 5.10 Å². The number of nitrogens with zero attached hydrogens (tertiary/aromatic N) is 4. The second kappa shape index (κ2) is 7.44. The number of methoxy groups -OCH3 is 1. The average molecular weight is 330 g/mol. The van der Waals surface area contributed by atoms with Crippen LogP contribution in [0.4, 0.5) is 0 Å². The maximum Gasteiger partial charge on any atom is 0.229 e. The van der Waals surface area contributed by atoms with E-state index in [0.717, 1.165) is 12.1 Å². The van der Waals surface area contributed by atoms with Crippen LogP contribution >= 0.6 is 0 Å². The van der Waals surface area contributed by atoms with Crippen LogP contribution in [0.15, 0.2) is 36.8 Å². The molecule has 0 unspecified atom stereocenters. The fourth-order valence-electron chi connectivity index (χ4n) is 2.95. The van der Waals surface area contributed by atoms with E-state index < -0.39 is 0 Å². The molecule has 24 heavy (non-hydrogen) atoms. The van der Waals surface area contributed by atoms with Gasteiger partial charge in [0.2, 0.25) is 5.91 Å². The van der Waals surface area contributed by atoms with Gasteiger partial charge >= 0.3 is 0 Å². The number of likely N-dealkylation sites (tertiary alicyclic amines) is 1. The monoisotopic (exact) mass is 330 g/mol. The van der Waals surface area contributed by atoms with Crippen LogP contribution in [0.2, 0.25) is 0 Å². The molecule has 0 aromatic carbocycles. The quantitative estimate of drug-likeness (QED) is 0.792. The highest BCUT2D eigenvalue weighted by Gasteiger charge is 2.35. The molecule has 3 rings (SSSR count). The maximum atomic E-state index is 12.7. The van der Waals surface area contributed by atoms with E-state index >= 15 is 0 Å². The highest BCUT2D eigenvalue weighted by Crippen LogP contribution is 2.22. The molecule has 0 bridgehead atoms. The second-order valence-corrected chi connectivity index (χ2v) is 5.95. The SMILES string of the molecule is CO[C@@H]1C[C@@H](COc2cccnc2)N(C(=O)Cc2ccn(C)n2)C1. The van der Waals surface area contributed by atoms with Gasteiger partial charge in [0.1, 0.15) is 12.4 Å². The summed E-state index contributed by atoms with van der Waals surface area (Å²) < 4.78 is 12.9. The molecule has 1 saturated heterocycles. The topological polar surface area (TPSA) is 69.5 Å². The minimum absolute atomic E-state index is 0.00799. The lowest BCUT2D eigenvalue weighted by Crippen LogP contribution is -2.40. The number of hydrogen-bond donors (Lipinski definition) is 0. The number of ether oxygens (including phenoxy) is 2. The molecule has 2 atom stereocenters. The first kappa shape index (κ1) is 16.4. The van der Waals surface area contributed by atoms with Crippen LogP contribution in [0.1, 0.15) is 12.1 Å². The van der Waals surface area contributed by atoms with E-state index in [2.05, 4.69) is 10.1 Å². The van der Waals surface area contributed by atoms with Crippen molar-refractivity contribution in [1.82, 2.24) is 19.7 Å². The van der Waals surface area contributed by atoms with Crippen LogP contribution in [-0.2, 0) is 23.0 Å². The Morgan fingerprint density at radius 2 is 2.29 bits per heavy atom. The lowest BCUT2D eigenvalue weighted by molar-refractivity contribution is -0.132. The van der Waals surface area contributed by atoms with Gasteiger partial charge in [-0.3, -0.25) is 14.5 Å². The maximum absolute atomic E-state index is 12.7. The largest absolute Gasteiger partial charge is 0.490 e. The van der Waals surface area contributed by atoms with Crippen molar-refractivity contribution in [3.63, 3.8) is 0 Å². The number of aromatic nitrogens is 3. The third-order valence-corrected chi connectivity index (χ3v) is 4.21. The first-order valence-electron chi connectivity index (χ1n) is 7.99. The normalized spacial score (nSPS) is 20.3. The summed E-state index contributed by atoms with van der Waals surface area (Å²) >= 11 is 0. The van der Waals surface area contributed by atoms with E-state index in [1.54, 1.807) is 24.2 Å². The first-order valence-corrected chi connectivity index (χ1v) is 7.99. The van der Waals surface area contributed by atoms with E-state index in [1.807, 2.05) is 36.3 Å². The van der Waals surface area contributed by atoms with E-state index in [4.69, 9.17) is 9.47 Å². The van der Waals surface area contributed by atoms with Gasteiger partial charge < -0.3 is 14.4 Å². The molecule has 0 spiro atoms. The third-order valence-electron chi connectivity index (χ3n) is 4.21. The Hall–Kier alpha value is -2.41. The number of carbonyl (C=O) groups is 1. The number of hydrogen-bond acceptors (Lipinski definition) is 5. The van der Waals surface area contributed by atoms with Gasteiger partial charge in [-0.05, 0) is 24.6 Å². The molecule has 128 valence electrons. The standard InChI is InChI=1S/C17H22N4O3/c1-20-7-5-13(19-20)8-17(22)21-11-16(23-2)9-14(21)12-24-15-4-3-6-18-10-15/h3-7,10,14,16H,8-9,11-12H2,1-2H3/t14-,16+/m0/s1. The molecule has 3 heterocycles. The van der Waals surface area contributed by atoms with Crippen LogP contribution in [0.5, 0.6) is 5.75 Å². The van der Waals surface area contributed by atoms with Crippen molar-refractivity contribution in [2.75, 3.05) is 20.3 Å². The van der Waals surface area contributed by atoms with Crippen LogP contribution in [0, 0.1) is 0 Å². The Bertz CT molecular complexity index is 673. The van der Waals surface area contributed by atoms with Crippen molar-refractivity contribution in [3.8, 4) is 5.75 Å². The summed E-state index contributed by atoms with van der Waals surface area (Å²) in [4.78, 5) is 18.5. The fraction of sp³-hybridized carbons (Fsp3) is 0.471. The minimum atomic E-state index is -0.00799. The molecular weight excluding hydrogens is 308 g/mol. The van der Waals surface area contributed by atoms with Gasteiger partial charge in [-0.15, -0.1) is 0 Å². The molecule has 0 radical (unpaired) electrons. The van der Waals surface area contributed by atoms with Gasteiger partial charge in [-0.25, -0.2) is 0 Å². The Labute approximate surface area is 141 Å². The van der Waals surface area contributed by atoms with Crippen molar-refractivity contribution in [2.24, 2.45) is 7.05 Å².